The van der Waals surface area contributed by atoms with Gasteiger partial charge in [0.15, 0.2) is 0 Å². The molecule has 0 saturated carbocycles. The first-order chi connectivity index (χ1) is 8.56. The Labute approximate surface area is 107 Å². The van der Waals surface area contributed by atoms with Gasteiger partial charge < -0.3 is 10.3 Å². The van der Waals surface area contributed by atoms with Gasteiger partial charge in [-0.25, -0.2) is 9.97 Å². The summed E-state index contributed by atoms with van der Waals surface area (Å²) < 4.78 is 0. The van der Waals surface area contributed by atoms with Gasteiger partial charge in [-0.1, -0.05) is 11.6 Å². The Kier molecular flexibility index (Phi) is 3.38. The molecule has 0 radical (unpaired) electrons. The maximum atomic E-state index is 11.8. The van der Waals surface area contributed by atoms with Crippen molar-refractivity contribution < 1.29 is 4.79 Å². The van der Waals surface area contributed by atoms with E-state index in [4.69, 9.17) is 11.6 Å². The number of aromatic amines is 1. The van der Waals surface area contributed by atoms with Gasteiger partial charge in [0.1, 0.15) is 22.9 Å². The summed E-state index contributed by atoms with van der Waals surface area (Å²) in [6.45, 7) is 1.73. The zero-order chi connectivity index (χ0) is 13.1. The molecule has 92 valence electrons. The number of anilines is 1. The maximum absolute atomic E-state index is 11.8. The molecule has 2 N–H and O–H groups in total. The molecule has 0 bridgehead atoms. The van der Waals surface area contributed by atoms with E-state index in [-0.39, 0.29) is 16.5 Å². The number of carbonyl (C=O) groups excluding carboxylic acids is 1. The molecule has 2 heterocycles. The molecule has 2 rings (SSSR count). The zero-order valence-corrected chi connectivity index (χ0v) is 10.2. The molecule has 0 spiro atoms. The minimum atomic E-state index is -0.550. The molecule has 0 saturated heterocycles. The first-order valence-corrected chi connectivity index (χ1v) is 5.43. The van der Waals surface area contributed by atoms with Crippen molar-refractivity contribution in [2.45, 2.75) is 6.92 Å². The van der Waals surface area contributed by atoms with E-state index in [2.05, 4.69) is 20.3 Å². The third-order valence-corrected chi connectivity index (χ3v) is 2.38. The van der Waals surface area contributed by atoms with Crippen molar-refractivity contribution in [3.8, 4) is 0 Å². The average molecular weight is 265 g/mol. The second-order valence-corrected chi connectivity index (χ2v) is 3.95. The fourth-order valence-electron chi connectivity index (χ4n) is 1.34. The van der Waals surface area contributed by atoms with Crippen LogP contribution < -0.4 is 10.9 Å². The van der Waals surface area contributed by atoms with Gasteiger partial charge in [-0.05, 0) is 19.1 Å². The Hall–Kier alpha value is -2.21. The SMILES string of the molecule is Cc1ccc(C(=O)Nc2cc(Cl)ncn2)c(=O)[nH]1. The quantitative estimate of drug-likeness (QED) is 0.802. The Morgan fingerprint density at radius 3 is 2.83 bits per heavy atom. The van der Waals surface area contributed by atoms with Gasteiger partial charge >= 0.3 is 0 Å². The molecule has 1 amide bonds. The normalized spacial score (nSPS) is 10.1. The van der Waals surface area contributed by atoms with E-state index in [9.17, 15) is 9.59 Å². The maximum Gasteiger partial charge on any atom is 0.262 e. The molecule has 0 aliphatic rings. The number of rotatable bonds is 2. The summed E-state index contributed by atoms with van der Waals surface area (Å²) in [5.74, 6) is -0.314. The van der Waals surface area contributed by atoms with Crippen molar-refractivity contribution >= 4 is 23.3 Å². The lowest BCUT2D eigenvalue weighted by Crippen LogP contribution is -2.23. The number of hydrogen-bond acceptors (Lipinski definition) is 4. The molecule has 7 heteroatoms. The van der Waals surface area contributed by atoms with Crippen LogP contribution in [0, 0.1) is 6.92 Å². The number of H-pyrrole nitrogens is 1. The van der Waals surface area contributed by atoms with E-state index in [1.807, 2.05) is 0 Å². The van der Waals surface area contributed by atoms with Crippen LogP contribution in [-0.4, -0.2) is 20.9 Å². The van der Waals surface area contributed by atoms with E-state index >= 15 is 0 Å². The molecule has 0 aromatic carbocycles. The number of halogens is 1. The third-order valence-electron chi connectivity index (χ3n) is 2.18. The van der Waals surface area contributed by atoms with Gasteiger partial charge in [0.2, 0.25) is 0 Å². The summed E-state index contributed by atoms with van der Waals surface area (Å²) >= 11 is 5.66. The van der Waals surface area contributed by atoms with E-state index in [1.165, 1.54) is 18.5 Å². The van der Waals surface area contributed by atoms with Crippen molar-refractivity contribution in [1.82, 2.24) is 15.0 Å². The van der Waals surface area contributed by atoms with Gasteiger partial charge in [-0.3, -0.25) is 9.59 Å². The number of amides is 1. The standard InChI is InChI=1S/C11H9ClN4O2/c1-6-2-3-7(10(17)15-6)11(18)16-9-4-8(12)13-5-14-9/h2-5H,1H3,(H,15,17)(H,13,14,16,18). The van der Waals surface area contributed by atoms with Crippen LogP contribution in [0.1, 0.15) is 16.1 Å². The molecule has 2 aromatic rings. The summed E-state index contributed by atoms with van der Waals surface area (Å²) in [4.78, 5) is 33.4. The molecular weight excluding hydrogens is 256 g/mol. The number of aryl methyl sites for hydroxylation is 1. The molecule has 0 unspecified atom stereocenters. The first kappa shape index (κ1) is 12.3. The third kappa shape index (κ3) is 2.72. The zero-order valence-electron chi connectivity index (χ0n) is 9.40. The summed E-state index contributed by atoms with van der Waals surface area (Å²) in [6.07, 6.45) is 1.22. The molecule has 18 heavy (non-hydrogen) atoms. The minimum absolute atomic E-state index is 0.00957. The van der Waals surface area contributed by atoms with Crippen molar-refractivity contribution in [3.63, 3.8) is 0 Å². The van der Waals surface area contributed by atoms with Gasteiger partial charge in [-0.2, -0.15) is 0 Å². The second-order valence-electron chi connectivity index (χ2n) is 3.56. The van der Waals surface area contributed by atoms with Gasteiger partial charge in [0.05, 0.1) is 0 Å². The highest BCUT2D eigenvalue weighted by molar-refractivity contribution is 6.29. The Morgan fingerprint density at radius 2 is 2.17 bits per heavy atom. The van der Waals surface area contributed by atoms with Crippen LogP contribution in [0.25, 0.3) is 0 Å². The topological polar surface area (TPSA) is 87.7 Å². The molecule has 0 atom stereocenters. The summed E-state index contributed by atoms with van der Waals surface area (Å²) in [6, 6.07) is 4.48. The van der Waals surface area contributed by atoms with Crippen molar-refractivity contribution in [2.75, 3.05) is 5.32 Å². The van der Waals surface area contributed by atoms with E-state index in [0.717, 1.165) is 0 Å². The molecule has 2 aromatic heterocycles. The summed E-state index contributed by atoms with van der Waals surface area (Å²) in [7, 11) is 0. The van der Waals surface area contributed by atoms with Gasteiger partial charge in [-0.15, -0.1) is 0 Å². The number of carbonyl (C=O) groups is 1. The lowest BCUT2D eigenvalue weighted by atomic mass is 10.2. The van der Waals surface area contributed by atoms with Crippen LogP contribution in [0.3, 0.4) is 0 Å². The van der Waals surface area contributed by atoms with Crippen LogP contribution in [0.2, 0.25) is 5.15 Å². The Bertz CT molecular complexity index is 653. The second kappa shape index (κ2) is 4.97. The van der Waals surface area contributed by atoms with Gasteiger partial charge in [0.25, 0.3) is 11.5 Å². The van der Waals surface area contributed by atoms with Crippen LogP contribution in [0.4, 0.5) is 5.82 Å². The van der Waals surface area contributed by atoms with E-state index < -0.39 is 11.5 Å². The number of hydrogen-bond donors (Lipinski definition) is 2. The lowest BCUT2D eigenvalue weighted by Gasteiger charge is -2.03. The van der Waals surface area contributed by atoms with E-state index in [1.54, 1.807) is 13.0 Å². The number of nitrogens with zero attached hydrogens (tertiary/aromatic N) is 2. The van der Waals surface area contributed by atoms with Crippen LogP contribution in [0.5, 0.6) is 0 Å². The largest absolute Gasteiger partial charge is 0.326 e. The predicted molar refractivity (Wildman–Crippen MR) is 66.8 cm³/mol. The molecular formula is C11H9ClN4O2. The average Bonchev–Trinajstić information content (AvgIpc) is 2.28. The minimum Gasteiger partial charge on any atom is -0.326 e. The highest BCUT2D eigenvalue weighted by Gasteiger charge is 2.11. The fraction of sp³-hybridized carbons (Fsp3) is 0.0909. The molecule has 6 nitrogen and oxygen atoms in total. The summed E-state index contributed by atoms with van der Waals surface area (Å²) in [5.41, 5.74) is 0.240. The van der Waals surface area contributed by atoms with Crippen LogP contribution in [-0.2, 0) is 0 Å². The number of pyridine rings is 1. The van der Waals surface area contributed by atoms with E-state index in [0.29, 0.717) is 5.69 Å². The molecule has 0 aliphatic heterocycles. The monoisotopic (exact) mass is 264 g/mol. The van der Waals surface area contributed by atoms with Gasteiger partial charge in [0, 0.05) is 11.8 Å². The number of nitrogens with one attached hydrogen (secondary N) is 2. The Balaban J connectivity index is 2.25. The van der Waals surface area contributed by atoms with Crippen molar-refractivity contribution in [3.05, 3.63) is 51.3 Å². The number of aromatic nitrogens is 3. The van der Waals surface area contributed by atoms with Crippen LogP contribution >= 0.6 is 11.6 Å². The Morgan fingerprint density at radius 1 is 1.39 bits per heavy atom. The van der Waals surface area contributed by atoms with Crippen molar-refractivity contribution in [1.29, 1.82) is 0 Å². The highest BCUT2D eigenvalue weighted by atomic mass is 35.5. The summed E-state index contributed by atoms with van der Waals surface area (Å²) in [5, 5.41) is 2.67. The predicted octanol–water partition coefficient (Wildman–Crippen LogP) is 1.38. The van der Waals surface area contributed by atoms with Crippen molar-refractivity contribution in [2.24, 2.45) is 0 Å². The highest BCUT2D eigenvalue weighted by Crippen LogP contribution is 2.09. The lowest BCUT2D eigenvalue weighted by molar-refractivity contribution is 0.102. The molecule has 0 aliphatic carbocycles. The fourth-order valence-corrected chi connectivity index (χ4v) is 1.48. The molecule has 0 fully saturated rings. The smallest absolute Gasteiger partial charge is 0.262 e. The first-order valence-electron chi connectivity index (χ1n) is 5.05. The van der Waals surface area contributed by atoms with Crippen LogP contribution in [0.15, 0.2) is 29.3 Å².